The maximum atomic E-state index is 11.6. The van der Waals surface area contributed by atoms with E-state index in [0.29, 0.717) is 6.04 Å². The number of methoxy groups -OCH3 is 1. The number of hydrogen-bond acceptors (Lipinski definition) is 4. The van der Waals surface area contributed by atoms with Crippen molar-refractivity contribution in [2.24, 2.45) is 0 Å². The average molecular weight is 285 g/mol. The summed E-state index contributed by atoms with van der Waals surface area (Å²) < 4.78 is 4.86. The summed E-state index contributed by atoms with van der Waals surface area (Å²) in [5.41, 5.74) is 0. The van der Waals surface area contributed by atoms with Crippen LogP contribution in [0.25, 0.3) is 0 Å². The zero-order chi connectivity index (χ0) is 10.7. The third kappa shape index (κ3) is 3.98. The van der Waals surface area contributed by atoms with Crippen molar-refractivity contribution in [1.82, 2.24) is 10.2 Å². The minimum Gasteiger partial charge on any atom is -0.468 e. The van der Waals surface area contributed by atoms with Gasteiger partial charge in [-0.05, 0) is 45.3 Å². The van der Waals surface area contributed by atoms with Crippen LogP contribution in [0.3, 0.4) is 0 Å². The Labute approximate surface area is 115 Å². The van der Waals surface area contributed by atoms with Crippen molar-refractivity contribution in [3.63, 3.8) is 0 Å². The molecular formula is C11H22Cl2N2O2. The number of piperidine rings is 1. The van der Waals surface area contributed by atoms with E-state index in [4.69, 9.17) is 4.74 Å². The quantitative estimate of drug-likeness (QED) is 0.775. The molecule has 0 aromatic rings. The second-order valence-corrected chi connectivity index (χ2v) is 4.40. The van der Waals surface area contributed by atoms with Gasteiger partial charge >= 0.3 is 5.97 Å². The monoisotopic (exact) mass is 284 g/mol. The molecule has 0 unspecified atom stereocenters. The van der Waals surface area contributed by atoms with Crippen LogP contribution in [-0.2, 0) is 9.53 Å². The molecule has 2 aliphatic heterocycles. The molecule has 0 spiro atoms. The first kappa shape index (κ1) is 17.0. The molecule has 17 heavy (non-hydrogen) atoms. The van der Waals surface area contributed by atoms with E-state index in [2.05, 4.69) is 10.2 Å². The third-order valence-corrected chi connectivity index (χ3v) is 3.55. The first-order chi connectivity index (χ1) is 7.33. The minimum absolute atomic E-state index is 0. The molecule has 2 saturated heterocycles. The highest BCUT2D eigenvalue weighted by molar-refractivity contribution is 5.85. The van der Waals surface area contributed by atoms with Gasteiger partial charge in [-0.15, -0.1) is 24.8 Å². The lowest BCUT2D eigenvalue weighted by molar-refractivity contribution is -0.146. The summed E-state index contributed by atoms with van der Waals surface area (Å²) in [5, 5.41) is 3.35. The molecule has 2 rings (SSSR count). The van der Waals surface area contributed by atoms with Gasteiger partial charge in [-0.2, -0.15) is 0 Å². The second kappa shape index (κ2) is 8.14. The van der Waals surface area contributed by atoms with Gasteiger partial charge < -0.3 is 10.1 Å². The Hall–Kier alpha value is -0.0300. The number of esters is 1. The molecule has 0 aliphatic carbocycles. The molecule has 1 N–H and O–H groups in total. The number of carbonyl (C=O) groups is 1. The smallest absolute Gasteiger partial charge is 0.323 e. The van der Waals surface area contributed by atoms with Crippen LogP contribution in [0, 0.1) is 0 Å². The molecule has 0 radical (unpaired) electrons. The molecule has 4 nitrogen and oxygen atoms in total. The molecule has 0 aromatic carbocycles. The van der Waals surface area contributed by atoms with E-state index in [0.717, 1.165) is 45.3 Å². The highest BCUT2D eigenvalue weighted by Gasteiger charge is 2.36. The summed E-state index contributed by atoms with van der Waals surface area (Å²) in [4.78, 5) is 13.9. The molecule has 2 heterocycles. The van der Waals surface area contributed by atoms with E-state index in [1.54, 1.807) is 0 Å². The SMILES string of the molecule is COC(=O)[C@@H]1CCCN1C1CCNCC1.Cl.Cl. The van der Waals surface area contributed by atoms with Crippen molar-refractivity contribution < 1.29 is 9.53 Å². The number of halogens is 2. The Morgan fingerprint density at radius 1 is 1.24 bits per heavy atom. The highest BCUT2D eigenvalue weighted by Crippen LogP contribution is 2.24. The van der Waals surface area contributed by atoms with Crippen LogP contribution in [0.5, 0.6) is 0 Å². The molecule has 102 valence electrons. The molecule has 0 aromatic heterocycles. The van der Waals surface area contributed by atoms with Gasteiger partial charge in [0.25, 0.3) is 0 Å². The maximum absolute atomic E-state index is 11.6. The van der Waals surface area contributed by atoms with E-state index >= 15 is 0 Å². The number of likely N-dealkylation sites (tertiary alicyclic amines) is 1. The van der Waals surface area contributed by atoms with Crippen LogP contribution in [0.1, 0.15) is 25.7 Å². The Bertz CT molecular complexity index is 236. The highest BCUT2D eigenvalue weighted by atomic mass is 35.5. The summed E-state index contributed by atoms with van der Waals surface area (Å²) in [5.74, 6) is -0.0500. The summed E-state index contributed by atoms with van der Waals surface area (Å²) in [6.07, 6.45) is 4.42. The van der Waals surface area contributed by atoms with Gasteiger partial charge in [-0.25, -0.2) is 0 Å². The van der Waals surface area contributed by atoms with E-state index in [1.807, 2.05) is 0 Å². The van der Waals surface area contributed by atoms with E-state index < -0.39 is 0 Å². The number of hydrogen-bond donors (Lipinski definition) is 1. The first-order valence-electron chi connectivity index (χ1n) is 5.87. The molecular weight excluding hydrogens is 263 g/mol. The zero-order valence-corrected chi connectivity index (χ0v) is 11.8. The Morgan fingerprint density at radius 2 is 1.88 bits per heavy atom. The second-order valence-electron chi connectivity index (χ2n) is 4.40. The fourth-order valence-corrected chi connectivity index (χ4v) is 2.75. The molecule has 1 atom stereocenters. The van der Waals surface area contributed by atoms with Gasteiger partial charge in [0.15, 0.2) is 0 Å². The molecule has 2 aliphatic rings. The number of nitrogens with one attached hydrogen (secondary N) is 1. The van der Waals surface area contributed by atoms with Crippen molar-refractivity contribution in [2.75, 3.05) is 26.7 Å². The van der Waals surface area contributed by atoms with Crippen LogP contribution in [-0.4, -0.2) is 49.7 Å². The molecule has 6 heteroatoms. The van der Waals surface area contributed by atoms with Crippen LogP contribution < -0.4 is 5.32 Å². The molecule has 0 saturated carbocycles. The fourth-order valence-electron chi connectivity index (χ4n) is 2.75. The summed E-state index contributed by atoms with van der Waals surface area (Å²) >= 11 is 0. The number of nitrogens with zero attached hydrogens (tertiary/aromatic N) is 1. The normalized spacial score (nSPS) is 25.8. The lowest BCUT2D eigenvalue weighted by atomic mass is 10.0. The third-order valence-electron chi connectivity index (χ3n) is 3.55. The van der Waals surface area contributed by atoms with E-state index in [1.165, 1.54) is 7.11 Å². The predicted octanol–water partition coefficient (Wildman–Crippen LogP) is 1.22. The first-order valence-corrected chi connectivity index (χ1v) is 5.87. The Morgan fingerprint density at radius 3 is 2.47 bits per heavy atom. The number of carbonyl (C=O) groups excluding carboxylic acids is 1. The van der Waals surface area contributed by atoms with E-state index in [9.17, 15) is 4.79 Å². The van der Waals surface area contributed by atoms with Gasteiger partial charge in [-0.1, -0.05) is 0 Å². The summed E-state index contributed by atoms with van der Waals surface area (Å²) in [6.45, 7) is 3.22. The lowest BCUT2D eigenvalue weighted by Crippen LogP contribution is -2.48. The standard InChI is InChI=1S/C11H20N2O2.2ClH/c1-15-11(14)10-3-2-8-13(10)9-4-6-12-7-5-9;;/h9-10,12H,2-8H2,1H3;2*1H/t10-;;/m0../s1. The van der Waals surface area contributed by atoms with Crippen LogP contribution in [0.2, 0.25) is 0 Å². The summed E-state index contributed by atoms with van der Waals surface area (Å²) in [6, 6.07) is 0.607. The molecule has 2 fully saturated rings. The molecule has 0 bridgehead atoms. The largest absolute Gasteiger partial charge is 0.468 e. The van der Waals surface area contributed by atoms with Crippen molar-refractivity contribution in [2.45, 2.75) is 37.8 Å². The van der Waals surface area contributed by atoms with Gasteiger partial charge in [-0.3, -0.25) is 9.69 Å². The van der Waals surface area contributed by atoms with Crippen LogP contribution in [0.15, 0.2) is 0 Å². The van der Waals surface area contributed by atoms with Crippen molar-refractivity contribution in [1.29, 1.82) is 0 Å². The van der Waals surface area contributed by atoms with E-state index in [-0.39, 0.29) is 36.8 Å². The Balaban J connectivity index is 0.00000128. The van der Waals surface area contributed by atoms with Crippen molar-refractivity contribution in [3.05, 3.63) is 0 Å². The molecule has 0 amide bonds. The number of rotatable bonds is 2. The summed E-state index contributed by atoms with van der Waals surface area (Å²) in [7, 11) is 1.49. The van der Waals surface area contributed by atoms with Gasteiger partial charge in [0.1, 0.15) is 6.04 Å². The fraction of sp³-hybridized carbons (Fsp3) is 0.909. The lowest BCUT2D eigenvalue weighted by Gasteiger charge is -2.34. The minimum atomic E-state index is -0.0500. The van der Waals surface area contributed by atoms with Crippen molar-refractivity contribution in [3.8, 4) is 0 Å². The van der Waals surface area contributed by atoms with Crippen molar-refractivity contribution >= 4 is 30.8 Å². The van der Waals surface area contributed by atoms with Crippen LogP contribution in [0.4, 0.5) is 0 Å². The maximum Gasteiger partial charge on any atom is 0.323 e. The van der Waals surface area contributed by atoms with Crippen LogP contribution >= 0.6 is 24.8 Å². The van der Waals surface area contributed by atoms with Gasteiger partial charge in [0.05, 0.1) is 7.11 Å². The number of ether oxygens (including phenoxy) is 1. The van der Waals surface area contributed by atoms with Gasteiger partial charge in [0, 0.05) is 6.04 Å². The van der Waals surface area contributed by atoms with Gasteiger partial charge in [0.2, 0.25) is 0 Å². The Kier molecular flexibility index (Phi) is 8.12. The predicted molar refractivity (Wildman–Crippen MR) is 72.1 cm³/mol. The average Bonchev–Trinajstić information content (AvgIpc) is 2.78. The zero-order valence-electron chi connectivity index (χ0n) is 10.2. The topological polar surface area (TPSA) is 41.6 Å².